The molecule has 0 unspecified atom stereocenters. The summed E-state index contributed by atoms with van der Waals surface area (Å²) in [6.07, 6.45) is 1.57. The van der Waals surface area contributed by atoms with Gasteiger partial charge in [-0.05, 0) is 38.1 Å². The Hall–Kier alpha value is -2.14. The van der Waals surface area contributed by atoms with E-state index in [1.54, 1.807) is 29.3 Å². The van der Waals surface area contributed by atoms with Crippen molar-refractivity contribution in [3.63, 3.8) is 0 Å². The Kier molecular flexibility index (Phi) is 5.11. The highest BCUT2D eigenvalue weighted by atomic mass is 35.5. The average molecular weight is 305 g/mol. The first-order chi connectivity index (χ1) is 10.1. The highest BCUT2D eigenvalue weighted by Crippen LogP contribution is 2.18. The van der Waals surface area contributed by atoms with Crippen LogP contribution < -0.4 is 5.32 Å². The van der Waals surface area contributed by atoms with Crippen molar-refractivity contribution in [1.29, 1.82) is 0 Å². The van der Waals surface area contributed by atoms with E-state index in [0.29, 0.717) is 29.8 Å². The molecule has 5 nitrogen and oxygen atoms in total. The molecule has 0 aliphatic rings. The van der Waals surface area contributed by atoms with E-state index in [9.17, 15) is 4.79 Å². The molecule has 0 aliphatic heterocycles. The lowest BCUT2D eigenvalue weighted by Gasteiger charge is -2.18. The number of nitrogens with one attached hydrogen (secondary N) is 1. The summed E-state index contributed by atoms with van der Waals surface area (Å²) >= 11 is 5.93. The van der Waals surface area contributed by atoms with E-state index < -0.39 is 0 Å². The summed E-state index contributed by atoms with van der Waals surface area (Å²) < 4.78 is 0. The van der Waals surface area contributed by atoms with E-state index in [4.69, 9.17) is 11.6 Å². The van der Waals surface area contributed by atoms with Crippen molar-refractivity contribution in [2.75, 3.05) is 18.4 Å². The maximum absolute atomic E-state index is 12.3. The molecule has 0 fully saturated rings. The molecule has 1 N–H and O–H groups in total. The molecule has 1 heterocycles. The number of nitrogens with zero attached hydrogens (tertiary/aromatic N) is 3. The van der Waals surface area contributed by atoms with Crippen LogP contribution in [0.4, 0.5) is 11.6 Å². The molecule has 1 amide bonds. The minimum absolute atomic E-state index is 0.100. The van der Waals surface area contributed by atoms with Crippen LogP contribution in [-0.4, -0.2) is 33.9 Å². The van der Waals surface area contributed by atoms with Crippen molar-refractivity contribution in [3.8, 4) is 0 Å². The second-order valence-electron chi connectivity index (χ2n) is 4.38. The van der Waals surface area contributed by atoms with Crippen molar-refractivity contribution in [2.24, 2.45) is 0 Å². The number of halogens is 1. The lowest BCUT2D eigenvalue weighted by atomic mass is 10.3. The number of anilines is 2. The van der Waals surface area contributed by atoms with Crippen LogP contribution in [0.25, 0.3) is 0 Å². The fourth-order valence-electron chi connectivity index (χ4n) is 1.91. The standard InChI is InChI=1S/C15H17ClN4O/c1-3-20(4-2)14(21)13-8-9-17-15(19-13)18-12-7-5-6-11(16)10-12/h5-10H,3-4H2,1-2H3,(H,17,18,19). The second-order valence-corrected chi connectivity index (χ2v) is 4.81. The topological polar surface area (TPSA) is 58.1 Å². The SMILES string of the molecule is CCN(CC)C(=O)c1ccnc(Nc2cccc(Cl)c2)n1. The van der Waals surface area contributed by atoms with E-state index in [1.165, 1.54) is 0 Å². The third-order valence-corrected chi connectivity index (χ3v) is 3.24. The molecular formula is C15H17ClN4O. The molecule has 0 aliphatic carbocycles. The Balaban J connectivity index is 2.20. The minimum atomic E-state index is -0.100. The maximum atomic E-state index is 12.3. The molecule has 2 rings (SSSR count). The number of carbonyl (C=O) groups is 1. The molecule has 0 bridgehead atoms. The number of aromatic nitrogens is 2. The van der Waals surface area contributed by atoms with Crippen LogP contribution in [0.3, 0.4) is 0 Å². The molecular weight excluding hydrogens is 288 g/mol. The van der Waals surface area contributed by atoms with Crippen molar-refractivity contribution in [1.82, 2.24) is 14.9 Å². The van der Waals surface area contributed by atoms with E-state index in [2.05, 4.69) is 15.3 Å². The van der Waals surface area contributed by atoms with E-state index in [0.717, 1.165) is 5.69 Å². The second kappa shape index (κ2) is 7.04. The Morgan fingerprint density at radius 3 is 2.71 bits per heavy atom. The van der Waals surface area contributed by atoms with Crippen LogP contribution in [-0.2, 0) is 0 Å². The molecule has 0 spiro atoms. The first kappa shape index (κ1) is 15.3. The molecule has 110 valence electrons. The first-order valence-electron chi connectivity index (χ1n) is 6.79. The van der Waals surface area contributed by atoms with Gasteiger partial charge in [0.05, 0.1) is 0 Å². The quantitative estimate of drug-likeness (QED) is 0.920. The molecule has 2 aromatic rings. The van der Waals surface area contributed by atoms with Gasteiger partial charge in [0, 0.05) is 30.0 Å². The number of hydrogen-bond donors (Lipinski definition) is 1. The van der Waals surface area contributed by atoms with Crippen LogP contribution in [0.1, 0.15) is 24.3 Å². The lowest BCUT2D eigenvalue weighted by Crippen LogP contribution is -2.31. The maximum Gasteiger partial charge on any atom is 0.272 e. The summed E-state index contributed by atoms with van der Waals surface area (Å²) in [7, 11) is 0. The largest absolute Gasteiger partial charge is 0.338 e. The van der Waals surface area contributed by atoms with Gasteiger partial charge >= 0.3 is 0 Å². The molecule has 1 aromatic carbocycles. The number of benzene rings is 1. The Bertz CT molecular complexity index is 629. The third kappa shape index (κ3) is 3.92. The fraction of sp³-hybridized carbons (Fsp3) is 0.267. The predicted molar refractivity (Wildman–Crippen MR) is 84.0 cm³/mol. The normalized spacial score (nSPS) is 10.2. The zero-order valence-electron chi connectivity index (χ0n) is 12.0. The monoisotopic (exact) mass is 304 g/mol. The van der Waals surface area contributed by atoms with Crippen molar-refractivity contribution >= 4 is 29.1 Å². The van der Waals surface area contributed by atoms with Crippen molar-refractivity contribution < 1.29 is 4.79 Å². The molecule has 6 heteroatoms. The van der Waals surface area contributed by atoms with Crippen LogP contribution in [0.2, 0.25) is 5.02 Å². The van der Waals surface area contributed by atoms with Gasteiger partial charge in [-0.15, -0.1) is 0 Å². The fourth-order valence-corrected chi connectivity index (χ4v) is 2.10. The van der Waals surface area contributed by atoms with Gasteiger partial charge in [0.2, 0.25) is 5.95 Å². The lowest BCUT2D eigenvalue weighted by molar-refractivity contribution is 0.0767. The van der Waals surface area contributed by atoms with Gasteiger partial charge in [-0.3, -0.25) is 4.79 Å². The summed E-state index contributed by atoms with van der Waals surface area (Å²) in [6, 6.07) is 8.85. The van der Waals surface area contributed by atoms with Gasteiger partial charge in [-0.25, -0.2) is 9.97 Å². The van der Waals surface area contributed by atoms with Crippen LogP contribution >= 0.6 is 11.6 Å². The van der Waals surface area contributed by atoms with Gasteiger partial charge in [-0.1, -0.05) is 17.7 Å². The Labute approximate surface area is 129 Å². The predicted octanol–water partition coefficient (Wildman–Crippen LogP) is 3.36. The number of carbonyl (C=O) groups excluding carboxylic acids is 1. The van der Waals surface area contributed by atoms with E-state index in [1.807, 2.05) is 26.0 Å². The number of amides is 1. The summed E-state index contributed by atoms with van der Waals surface area (Å²) in [5.41, 5.74) is 1.15. The third-order valence-electron chi connectivity index (χ3n) is 3.01. The van der Waals surface area contributed by atoms with Crippen LogP contribution in [0.15, 0.2) is 36.5 Å². The van der Waals surface area contributed by atoms with Crippen LogP contribution in [0.5, 0.6) is 0 Å². The Morgan fingerprint density at radius 2 is 2.05 bits per heavy atom. The molecule has 1 aromatic heterocycles. The summed E-state index contributed by atoms with van der Waals surface area (Å²) in [6.45, 7) is 5.17. The number of hydrogen-bond acceptors (Lipinski definition) is 4. The molecule has 0 atom stereocenters. The van der Waals surface area contributed by atoms with Crippen molar-refractivity contribution in [3.05, 3.63) is 47.2 Å². The molecule has 0 saturated carbocycles. The number of rotatable bonds is 5. The van der Waals surface area contributed by atoms with Gasteiger partial charge in [0.1, 0.15) is 5.69 Å². The highest BCUT2D eigenvalue weighted by molar-refractivity contribution is 6.30. The van der Waals surface area contributed by atoms with E-state index in [-0.39, 0.29) is 5.91 Å². The minimum Gasteiger partial charge on any atom is -0.338 e. The first-order valence-corrected chi connectivity index (χ1v) is 7.16. The molecule has 21 heavy (non-hydrogen) atoms. The zero-order valence-corrected chi connectivity index (χ0v) is 12.8. The summed E-state index contributed by atoms with van der Waals surface area (Å²) in [4.78, 5) is 22.3. The average Bonchev–Trinajstić information content (AvgIpc) is 2.48. The van der Waals surface area contributed by atoms with Gasteiger partial charge in [0.15, 0.2) is 0 Å². The van der Waals surface area contributed by atoms with Gasteiger partial charge in [-0.2, -0.15) is 0 Å². The molecule has 0 radical (unpaired) electrons. The summed E-state index contributed by atoms with van der Waals surface area (Å²) in [5.74, 6) is 0.270. The van der Waals surface area contributed by atoms with Gasteiger partial charge in [0.25, 0.3) is 5.91 Å². The Morgan fingerprint density at radius 1 is 1.29 bits per heavy atom. The smallest absolute Gasteiger partial charge is 0.272 e. The van der Waals surface area contributed by atoms with Crippen molar-refractivity contribution in [2.45, 2.75) is 13.8 Å². The van der Waals surface area contributed by atoms with Gasteiger partial charge < -0.3 is 10.2 Å². The highest BCUT2D eigenvalue weighted by Gasteiger charge is 2.14. The van der Waals surface area contributed by atoms with E-state index >= 15 is 0 Å². The molecule has 0 saturated heterocycles. The summed E-state index contributed by atoms with van der Waals surface area (Å²) in [5, 5.41) is 3.66. The van der Waals surface area contributed by atoms with Crippen LogP contribution in [0, 0.1) is 0 Å². The zero-order chi connectivity index (χ0) is 15.2.